The Morgan fingerprint density at radius 3 is 1.94 bits per heavy atom. The molecule has 32 heavy (non-hydrogen) atoms. The molecule has 0 aromatic heterocycles. The van der Waals surface area contributed by atoms with Crippen molar-refractivity contribution < 1.29 is 23.9 Å². The lowest BCUT2D eigenvalue weighted by Crippen LogP contribution is -2.31. The van der Waals surface area contributed by atoms with E-state index in [1.165, 1.54) is 18.2 Å². The Balaban J connectivity index is 1.91. The molecular weight excluding hydrogens is 414 g/mol. The van der Waals surface area contributed by atoms with Crippen molar-refractivity contribution in [3.8, 4) is 5.75 Å². The Morgan fingerprint density at radius 1 is 0.781 bits per heavy atom. The highest BCUT2D eigenvalue weighted by molar-refractivity contribution is 6.00. The summed E-state index contributed by atoms with van der Waals surface area (Å²) < 4.78 is 10.8. The number of hydrogen-bond donors (Lipinski definition) is 5. The van der Waals surface area contributed by atoms with Gasteiger partial charge in [0.2, 0.25) is 0 Å². The van der Waals surface area contributed by atoms with Crippen molar-refractivity contribution in [3.63, 3.8) is 0 Å². The number of alkyl carbamates (subject to hydrolysis) is 1. The first kappa shape index (κ1) is 24.6. The van der Waals surface area contributed by atoms with Gasteiger partial charge in [-0.1, -0.05) is 30.3 Å². The van der Waals surface area contributed by atoms with E-state index in [1.54, 1.807) is 0 Å². The predicted molar refractivity (Wildman–Crippen MR) is 119 cm³/mol. The van der Waals surface area contributed by atoms with Crippen LogP contribution in [-0.4, -0.2) is 57.2 Å². The Labute approximate surface area is 186 Å². The molecule has 2 aromatic rings. The quantitative estimate of drug-likeness (QED) is 0.296. The highest BCUT2D eigenvalue weighted by Gasteiger charge is 2.13. The fourth-order valence-corrected chi connectivity index (χ4v) is 2.62. The summed E-state index contributed by atoms with van der Waals surface area (Å²) in [6.45, 7) is 1.62. The summed E-state index contributed by atoms with van der Waals surface area (Å²) in [6, 6.07) is 13.8. The SMILES string of the molecule is NCCNC(=O)c1cc(OCCNC(=O)OCc2ccccc2)cc(C(=O)NCCN)c1. The maximum Gasteiger partial charge on any atom is 0.407 e. The molecule has 0 aliphatic rings. The second kappa shape index (κ2) is 13.6. The van der Waals surface area contributed by atoms with Crippen LogP contribution in [0.25, 0.3) is 0 Å². The van der Waals surface area contributed by atoms with Crippen LogP contribution in [-0.2, 0) is 11.3 Å². The van der Waals surface area contributed by atoms with E-state index >= 15 is 0 Å². The summed E-state index contributed by atoms with van der Waals surface area (Å²) in [6.07, 6.45) is -0.575. The highest BCUT2D eigenvalue weighted by Crippen LogP contribution is 2.18. The van der Waals surface area contributed by atoms with Crippen LogP contribution in [0.2, 0.25) is 0 Å². The average Bonchev–Trinajstić information content (AvgIpc) is 2.82. The first-order chi connectivity index (χ1) is 15.5. The Kier molecular flexibility index (Phi) is 10.5. The van der Waals surface area contributed by atoms with Crippen molar-refractivity contribution in [2.75, 3.05) is 39.3 Å². The van der Waals surface area contributed by atoms with Gasteiger partial charge in [0.15, 0.2) is 0 Å². The molecule has 2 rings (SSSR count). The number of amides is 3. The molecule has 0 radical (unpaired) electrons. The van der Waals surface area contributed by atoms with E-state index in [4.69, 9.17) is 20.9 Å². The molecule has 10 nitrogen and oxygen atoms in total. The average molecular weight is 444 g/mol. The fraction of sp³-hybridized carbons (Fsp3) is 0.318. The van der Waals surface area contributed by atoms with Crippen LogP contribution in [0.15, 0.2) is 48.5 Å². The lowest BCUT2D eigenvalue weighted by atomic mass is 10.1. The molecule has 0 saturated heterocycles. The number of carbonyl (C=O) groups is 3. The Bertz CT molecular complexity index is 853. The fourth-order valence-electron chi connectivity index (χ4n) is 2.62. The molecule has 0 aliphatic heterocycles. The highest BCUT2D eigenvalue weighted by atomic mass is 16.5. The van der Waals surface area contributed by atoms with Crippen molar-refractivity contribution >= 4 is 17.9 Å². The number of rotatable bonds is 12. The lowest BCUT2D eigenvalue weighted by molar-refractivity contribution is 0.0954. The molecule has 172 valence electrons. The molecular formula is C22H29N5O5. The van der Waals surface area contributed by atoms with E-state index in [1.807, 2.05) is 30.3 Å². The van der Waals surface area contributed by atoms with Crippen molar-refractivity contribution in [3.05, 3.63) is 65.2 Å². The smallest absolute Gasteiger partial charge is 0.407 e. The zero-order valence-corrected chi connectivity index (χ0v) is 17.8. The minimum Gasteiger partial charge on any atom is -0.492 e. The van der Waals surface area contributed by atoms with Gasteiger partial charge in [0.05, 0.1) is 6.54 Å². The molecule has 3 amide bonds. The Morgan fingerprint density at radius 2 is 1.38 bits per heavy atom. The van der Waals surface area contributed by atoms with E-state index in [-0.39, 0.29) is 55.8 Å². The molecule has 0 unspecified atom stereocenters. The number of nitrogens with two attached hydrogens (primary N) is 2. The number of carbonyl (C=O) groups excluding carboxylic acids is 3. The zero-order valence-electron chi connectivity index (χ0n) is 17.8. The van der Waals surface area contributed by atoms with Gasteiger partial charge in [-0.15, -0.1) is 0 Å². The van der Waals surface area contributed by atoms with E-state index in [0.29, 0.717) is 18.8 Å². The van der Waals surface area contributed by atoms with Crippen LogP contribution in [0.1, 0.15) is 26.3 Å². The van der Waals surface area contributed by atoms with Crippen molar-refractivity contribution in [2.45, 2.75) is 6.61 Å². The summed E-state index contributed by atoms with van der Waals surface area (Å²) in [5.41, 5.74) is 12.2. The van der Waals surface area contributed by atoms with Gasteiger partial charge in [0, 0.05) is 37.3 Å². The summed E-state index contributed by atoms with van der Waals surface area (Å²) in [4.78, 5) is 36.4. The third-order valence-electron chi connectivity index (χ3n) is 4.14. The summed E-state index contributed by atoms with van der Waals surface area (Å²) in [5.74, 6) is -0.449. The summed E-state index contributed by atoms with van der Waals surface area (Å²) in [5, 5.41) is 7.88. The maximum atomic E-state index is 12.3. The first-order valence-corrected chi connectivity index (χ1v) is 10.2. The van der Waals surface area contributed by atoms with E-state index in [0.717, 1.165) is 5.56 Å². The number of benzene rings is 2. The van der Waals surface area contributed by atoms with Gasteiger partial charge in [-0.05, 0) is 23.8 Å². The molecule has 0 aliphatic carbocycles. The Hall–Kier alpha value is -3.63. The number of ether oxygens (including phenoxy) is 2. The summed E-state index contributed by atoms with van der Waals surface area (Å²) >= 11 is 0. The molecule has 2 aromatic carbocycles. The van der Waals surface area contributed by atoms with Gasteiger partial charge in [0.25, 0.3) is 11.8 Å². The van der Waals surface area contributed by atoms with Gasteiger partial charge in [0.1, 0.15) is 19.0 Å². The topological polar surface area (TPSA) is 158 Å². The van der Waals surface area contributed by atoms with Crippen LogP contribution in [0.3, 0.4) is 0 Å². The second-order valence-electron chi connectivity index (χ2n) is 6.67. The lowest BCUT2D eigenvalue weighted by Gasteiger charge is -2.12. The van der Waals surface area contributed by atoms with Crippen molar-refractivity contribution in [1.29, 1.82) is 0 Å². The molecule has 0 spiro atoms. The molecule has 0 fully saturated rings. The molecule has 0 saturated carbocycles. The third-order valence-corrected chi connectivity index (χ3v) is 4.14. The van der Waals surface area contributed by atoms with E-state index in [9.17, 15) is 14.4 Å². The normalized spacial score (nSPS) is 10.2. The molecule has 0 bridgehead atoms. The van der Waals surface area contributed by atoms with Gasteiger partial charge >= 0.3 is 6.09 Å². The number of hydrogen-bond acceptors (Lipinski definition) is 7. The molecule has 7 N–H and O–H groups in total. The standard InChI is InChI=1S/C22H29N5O5/c23-6-8-25-20(28)17-12-18(21(29)26-9-7-24)14-19(13-17)31-11-10-27-22(30)32-15-16-4-2-1-3-5-16/h1-5,12-14H,6-11,15,23-24H2,(H,25,28)(H,26,29)(H,27,30). The monoisotopic (exact) mass is 443 g/mol. The van der Waals surface area contributed by atoms with Crippen LogP contribution in [0.4, 0.5) is 4.79 Å². The maximum absolute atomic E-state index is 12.3. The van der Waals surface area contributed by atoms with E-state index in [2.05, 4.69) is 16.0 Å². The van der Waals surface area contributed by atoms with Crippen molar-refractivity contribution in [1.82, 2.24) is 16.0 Å². The van der Waals surface area contributed by atoms with Gasteiger partial charge in [-0.3, -0.25) is 9.59 Å². The summed E-state index contributed by atoms with van der Waals surface area (Å²) in [7, 11) is 0. The van der Waals surface area contributed by atoms with Crippen LogP contribution >= 0.6 is 0 Å². The zero-order chi connectivity index (χ0) is 23.2. The third kappa shape index (κ3) is 8.62. The molecule has 0 atom stereocenters. The van der Waals surface area contributed by atoms with Gasteiger partial charge in [-0.25, -0.2) is 4.79 Å². The van der Waals surface area contributed by atoms with Crippen LogP contribution in [0.5, 0.6) is 5.75 Å². The minimum absolute atomic E-state index is 0.109. The number of nitrogens with one attached hydrogen (secondary N) is 3. The van der Waals surface area contributed by atoms with E-state index < -0.39 is 6.09 Å². The molecule has 0 heterocycles. The van der Waals surface area contributed by atoms with Gasteiger partial charge in [-0.2, -0.15) is 0 Å². The van der Waals surface area contributed by atoms with Crippen LogP contribution in [0, 0.1) is 0 Å². The molecule has 10 heteroatoms. The van der Waals surface area contributed by atoms with Crippen molar-refractivity contribution in [2.24, 2.45) is 11.5 Å². The predicted octanol–water partition coefficient (Wildman–Crippen LogP) is 0.369. The van der Waals surface area contributed by atoms with Crippen LogP contribution < -0.4 is 32.2 Å². The minimum atomic E-state index is -0.575. The second-order valence-corrected chi connectivity index (χ2v) is 6.67. The van der Waals surface area contributed by atoms with Gasteiger partial charge < -0.3 is 36.9 Å². The largest absolute Gasteiger partial charge is 0.492 e. The first-order valence-electron chi connectivity index (χ1n) is 10.2.